The Morgan fingerprint density at radius 1 is 1.41 bits per heavy atom. The van der Waals surface area contributed by atoms with Gasteiger partial charge in [-0.3, -0.25) is 9.69 Å². The topological polar surface area (TPSA) is 70.6 Å². The number of ether oxygens (including phenoxy) is 1. The number of amides is 1. The first kappa shape index (κ1) is 16.6. The second-order valence-electron chi connectivity index (χ2n) is 5.38. The molecule has 7 heteroatoms. The normalized spacial score (nSPS) is 19.2. The van der Waals surface area contributed by atoms with E-state index in [1.54, 1.807) is 13.1 Å². The quantitative estimate of drug-likeness (QED) is 0.766. The highest BCUT2D eigenvalue weighted by Crippen LogP contribution is 2.16. The van der Waals surface area contributed by atoms with Crippen molar-refractivity contribution in [2.45, 2.75) is 19.9 Å². The molecule has 1 atom stereocenters. The number of nitrogens with zero attached hydrogens (tertiary/aromatic N) is 4. The first-order valence-electron chi connectivity index (χ1n) is 7.78. The highest BCUT2D eigenvalue weighted by atomic mass is 16.5. The molecule has 1 aromatic rings. The van der Waals surface area contributed by atoms with Crippen molar-refractivity contribution in [1.29, 1.82) is 0 Å². The maximum absolute atomic E-state index is 11.5. The molecular formula is C15H25N5O2. The van der Waals surface area contributed by atoms with Gasteiger partial charge < -0.3 is 15.0 Å². The Kier molecular flexibility index (Phi) is 6.09. The van der Waals surface area contributed by atoms with E-state index in [1.165, 1.54) is 0 Å². The summed E-state index contributed by atoms with van der Waals surface area (Å²) in [6.07, 6.45) is 0. The van der Waals surface area contributed by atoms with Crippen LogP contribution in [-0.4, -0.2) is 73.5 Å². The number of carbonyl (C=O) groups excluding carboxylic acids is 1. The number of carbonyl (C=O) groups is 1. The Morgan fingerprint density at radius 2 is 2.23 bits per heavy atom. The zero-order chi connectivity index (χ0) is 15.9. The predicted molar refractivity (Wildman–Crippen MR) is 85.2 cm³/mol. The first-order valence-corrected chi connectivity index (χ1v) is 7.78. The van der Waals surface area contributed by atoms with Crippen molar-refractivity contribution in [2.24, 2.45) is 0 Å². The fraction of sp³-hybridized carbons (Fsp3) is 0.667. The lowest BCUT2D eigenvalue weighted by Gasteiger charge is -2.40. The van der Waals surface area contributed by atoms with Gasteiger partial charge in [0.25, 0.3) is 5.91 Å². The molecule has 0 saturated carbocycles. The van der Waals surface area contributed by atoms with E-state index in [4.69, 9.17) is 4.74 Å². The summed E-state index contributed by atoms with van der Waals surface area (Å²) >= 11 is 0. The van der Waals surface area contributed by atoms with Crippen LogP contribution in [-0.2, 0) is 4.74 Å². The average Bonchev–Trinajstić information content (AvgIpc) is 2.56. The smallest absolute Gasteiger partial charge is 0.271 e. The van der Waals surface area contributed by atoms with Crippen LogP contribution in [0.2, 0.25) is 0 Å². The van der Waals surface area contributed by atoms with Gasteiger partial charge in [0.2, 0.25) is 0 Å². The van der Waals surface area contributed by atoms with Gasteiger partial charge in [-0.15, -0.1) is 10.2 Å². The number of piperazine rings is 1. The van der Waals surface area contributed by atoms with Crippen molar-refractivity contribution in [2.75, 3.05) is 51.3 Å². The molecule has 0 aromatic carbocycles. The minimum Gasteiger partial charge on any atom is -0.380 e. The van der Waals surface area contributed by atoms with Crippen molar-refractivity contribution in [3.63, 3.8) is 0 Å². The molecule has 0 radical (unpaired) electrons. The summed E-state index contributed by atoms with van der Waals surface area (Å²) in [7, 11) is 1.58. The fourth-order valence-corrected chi connectivity index (χ4v) is 2.60. The third kappa shape index (κ3) is 4.14. The van der Waals surface area contributed by atoms with Gasteiger partial charge in [-0.2, -0.15) is 0 Å². The minimum absolute atomic E-state index is 0.215. The standard InChI is InChI=1S/C15H25N5O2/c1-4-22-10-9-19-7-8-20(11-12(19)2)14-6-5-13(17-18-14)15(21)16-3/h5-6,12H,4,7-11H2,1-3H3,(H,16,21). The molecule has 1 amide bonds. The molecule has 7 nitrogen and oxygen atoms in total. The van der Waals surface area contributed by atoms with Crippen molar-refractivity contribution >= 4 is 11.7 Å². The van der Waals surface area contributed by atoms with Crippen LogP contribution in [0.3, 0.4) is 0 Å². The van der Waals surface area contributed by atoms with Crippen molar-refractivity contribution in [3.8, 4) is 0 Å². The minimum atomic E-state index is -0.215. The van der Waals surface area contributed by atoms with Crippen molar-refractivity contribution < 1.29 is 9.53 Å². The molecular weight excluding hydrogens is 282 g/mol. The molecule has 0 spiro atoms. The molecule has 1 N–H and O–H groups in total. The average molecular weight is 307 g/mol. The number of nitrogens with one attached hydrogen (secondary N) is 1. The number of aromatic nitrogens is 2. The molecule has 2 rings (SSSR count). The Labute approximate surface area is 131 Å². The maximum atomic E-state index is 11.5. The van der Waals surface area contributed by atoms with Gasteiger partial charge in [-0.1, -0.05) is 0 Å². The number of hydrogen-bond donors (Lipinski definition) is 1. The largest absolute Gasteiger partial charge is 0.380 e. The molecule has 22 heavy (non-hydrogen) atoms. The van der Waals surface area contributed by atoms with Crippen LogP contribution in [0.25, 0.3) is 0 Å². The zero-order valence-corrected chi connectivity index (χ0v) is 13.6. The molecule has 1 unspecified atom stereocenters. The highest BCUT2D eigenvalue weighted by molar-refractivity contribution is 5.91. The lowest BCUT2D eigenvalue weighted by atomic mass is 10.2. The van der Waals surface area contributed by atoms with Crippen LogP contribution >= 0.6 is 0 Å². The van der Waals surface area contributed by atoms with E-state index in [2.05, 4.69) is 32.2 Å². The van der Waals surface area contributed by atoms with Gasteiger partial charge in [0.15, 0.2) is 11.5 Å². The second-order valence-corrected chi connectivity index (χ2v) is 5.38. The van der Waals surface area contributed by atoms with Crippen LogP contribution in [0.4, 0.5) is 5.82 Å². The predicted octanol–water partition coefficient (Wildman–Crippen LogP) is 0.383. The lowest BCUT2D eigenvalue weighted by Crippen LogP contribution is -2.53. The first-order chi connectivity index (χ1) is 10.7. The maximum Gasteiger partial charge on any atom is 0.271 e. The van der Waals surface area contributed by atoms with E-state index in [-0.39, 0.29) is 5.91 Å². The molecule has 122 valence electrons. The summed E-state index contributed by atoms with van der Waals surface area (Å²) < 4.78 is 5.43. The van der Waals surface area contributed by atoms with Crippen molar-refractivity contribution in [3.05, 3.63) is 17.8 Å². The van der Waals surface area contributed by atoms with E-state index in [0.29, 0.717) is 11.7 Å². The van der Waals surface area contributed by atoms with Crippen LogP contribution in [0.1, 0.15) is 24.3 Å². The van der Waals surface area contributed by atoms with Gasteiger partial charge in [0.05, 0.1) is 6.61 Å². The Bertz CT molecular complexity index is 479. The van der Waals surface area contributed by atoms with E-state index in [9.17, 15) is 4.79 Å². The summed E-state index contributed by atoms with van der Waals surface area (Å²) in [5.41, 5.74) is 0.342. The highest BCUT2D eigenvalue weighted by Gasteiger charge is 2.24. The van der Waals surface area contributed by atoms with Gasteiger partial charge in [0, 0.05) is 45.9 Å². The molecule has 1 saturated heterocycles. The van der Waals surface area contributed by atoms with Gasteiger partial charge in [-0.25, -0.2) is 0 Å². The Balaban J connectivity index is 1.91. The summed E-state index contributed by atoms with van der Waals surface area (Å²) in [5.74, 6) is 0.608. The van der Waals surface area contributed by atoms with Crippen molar-refractivity contribution in [1.82, 2.24) is 20.4 Å². The van der Waals surface area contributed by atoms with Gasteiger partial charge in [-0.05, 0) is 26.0 Å². The second kappa shape index (κ2) is 8.05. The van der Waals surface area contributed by atoms with Crippen LogP contribution < -0.4 is 10.2 Å². The van der Waals surface area contributed by atoms with E-state index >= 15 is 0 Å². The molecule has 2 heterocycles. The summed E-state index contributed by atoms with van der Waals surface area (Å²) in [6.45, 7) is 9.53. The van der Waals surface area contributed by atoms with E-state index < -0.39 is 0 Å². The summed E-state index contributed by atoms with van der Waals surface area (Å²) in [5, 5.41) is 10.7. The van der Waals surface area contributed by atoms with E-state index in [1.807, 2.05) is 13.0 Å². The zero-order valence-electron chi connectivity index (χ0n) is 13.6. The third-order valence-corrected chi connectivity index (χ3v) is 3.93. The van der Waals surface area contributed by atoms with Crippen LogP contribution in [0.15, 0.2) is 12.1 Å². The monoisotopic (exact) mass is 307 g/mol. The number of anilines is 1. The molecule has 1 aliphatic rings. The molecule has 0 aliphatic carbocycles. The molecule has 0 bridgehead atoms. The Morgan fingerprint density at radius 3 is 2.82 bits per heavy atom. The summed E-state index contributed by atoms with van der Waals surface area (Å²) in [6, 6.07) is 4.02. The molecule has 1 aliphatic heterocycles. The molecule has 1 aromatic heterocycles. The van der Waals surface area contributed by atoms with Gasteiger partial charge >= 0.3 is 0 Å². The number of rotatable bonds is 6. The fourth-order valence-electron chi connectivity index (χ4n) is 2.60. The summed E-state index contributed by atoms with van der Waals surface area (Å²) in [4.78, 5) is 16.1. The Hall–Kier alpha value is -1.73. The third-order valence-electron chi connectivity index (χ3n) is 3.93. The van der Waals surface area contributed by atoms with Crippen LogP contribution in [0, 0.1) is 0 Å². The van der Waals surface area contributed by atoms with Gasteiger partial charge in [0.1, 0.15) is 0 Å². The van der Waals surface area contributed by atoms with Crippen LogP contribution in [0.5, 0.6) is 0 Å². The SMILES string of the molecule is CCOCCN1CCN(c2ccc(C(=O)NC)nn2)CC1C. The molecule has 1 fully saturated rings. The van der Waals surface area contributed by atoms with E-state index in [0.717, 1.165) is 45.2 Å². The number of hydrogen-bond acceptors (Lipinski definition) is 6. The lowest BCUT2D eigenvalue weighted by molar-refractivity contribution is 0.0925.